The fraction of sp³-hybridized carbons (Fsp3) is 0.136. The lowest BCUT2D eigenvalue weighted by atomic mass is 10.2. The van der Waals surface area contributed by atoms with Gasteiger partial charge < -0.3 is 19.7 Å². The van der Waals surface area contributed by atoms with E-state index in [-0.39, 0.29) is 17.7 Å². The van der Waals surface area contributed by atoms with E-state index in [2.05, 4.69) is 30.5 Å². The van der Waals surface area contributed by atoms with Crippen LogP contribution in [-0.2, 0) is 0 Å². The fourth-order valence-electron chi connectivity index (χ4n) is 2.94. The topological polar surface area (TPSA) is 145 Å². The summed E-state index contributed by atoms with van der Waals surface area (Å²) in [6, 6.07) is 13.2. The monoisotopic (exact) mass is 445 g/mol. The third-order valence-electron chi connectivity index (χ3n) is 4.49. The van der Waals surface area contributed by atoms with Crippen molar-refractivity contribution >= 4 is 17.7 Å². The summed E-state index contributed by atoms with van der Waals surface area (Å²) in [6.07, 6.45) is 2.91. The zero-order valence-corrected chi connectivity index (χ0v) is 17.7. The second kappa shape index (κ2) is 9.22. The highest BCUT2D eigenvalue weighted by atomic mass is 16.5. The molecule has 4 rings (SSSR count). The smallest absolute Gasteiger partial charge is 0.374 e. The maximum Gasteiger partial charge on any atom is 0.374 e. The molecule has 0 atom stereocenters. The Kier molecular flexibility index (Phi) is 6.02. The summed E-state index contributed by atoms with van der Waals surface area (Å²) in [5.41, 5.74) is 0.895. The van der Waals surface area contributed by atoms with Gasteiger partial charge >= 0.3 is 5.97 Å². The van der Waals surface area contributed by atoms with Gasteiger partial charge in [0.1, 0.15) is 23.6 Å². The summed E-state index contributed by atoms with van der Waals surface area (Å²) >= 11 is 0. The molecule has 1 amide bonds. The van der Waals surface area contributed by atoms with Crippen LogP contribution in [0.2, 0.25) is 0 Å². The van der Waals surface area contributed by atoms with E-state index in [1.807, 2.05) is 18.4 Å². The van der Waals surface area contributed by atoms with Crippen LogP contribution in [0.3, 0.4) is 0 Å². The van der Waals surface area contributed by atoms with Crippen LogP contribution in [0.25, 0.3) is 11.5 Å². The Morgan fingerprint density at radius 2 is 1.91 bits per heavy atom. The maximum absolute atomic E-state index is 12.8. The highest BCUT2D eigenvalue weighted by Crippen LogP contribution is 2.22. The Morgan fingerprint density at radius 1 is 1.09 bits per heavy atom. The lowest BCUT2D eigenvalue weighted by Crippen LogP contribution is -2.13. The van der Waals surface area contributed by atoms with E-state index >= 15 is 0 Å². The molecule has 0 unspecified atom stereocenters. The molecule has 11 nitrogen and oxygen atoms in total. The Labute approximate surface area is 188 Å². The molecule has 0 spiro atoms. The summed E-state index contributed by atoms with van der Waals surface area (Å²) in [7, 11) is 0. The molecule has 4 aromatic rings. The second-order valence-electron chi connectivity index (χ2n) is 7.17. The number of pyridine rings is 1. The zero-order valence-electron chi connectivity index (χ0n) is 17.7. The highest BCUT2D eigenvalue weighted by Gasteiger charge is 2.14. The van der Waals surface area contributed by atoms with E-state index in [9.17, 15) is 9.59 Å². The number of anilines is 1. The Morgan fingerprint density at radius 3 is 2.70 bits per heavy atom. The maximum atomic E-state index is 12.8. The SMILES string of the molecule is CC(C)n1cnnc1-c1cccc(NC(=O)c2cccc(Oc3ccnc(C(=O)O)n3)c2)n1. The number of benzene rings is 1. The van der Waals surface area contributed by atoms with Gasteiger partial charge in [-0.1, -0.05) is 12.1 Å². The average Bonchev–Trinajstić information content (AvgIpc) is 3.30. The van der Waals surface area contributed by atoms with E-state index in [0.717, 1.165) is 0 Å². The number of aromatic carboxylic acids is 1. The normalized spacial score (nSPS) is 10.8. The summed E-state index contributed by atoms with van der Waals surface area (Å²) in [4.78, 5) is 35.7. The van der Waals surface area contributed by atoms with Gasteiger partial charge in [-0.05, 0) is 44.2 Å². The molecule has 0 bridgehead atoms. The standard InChI is InChI=1S/C22H19N7O4/c1-13(2)29-12-24-28-20(29)16-7-4-8-17(25-16)26-21(30)14-5-3-6-15(11-14)33-18-9-10-23-19(27-18)22(31)32/h3-13H,1-2H3,(H,31,32)(H,25,26,30). The van der Waals surface area contributed by atoms with Crippen LogP contribution >= 0.6 is 0 Å². The van der Waals surface area contributed by atoms with Crippen molar-refractivity contribution in [1.82, 2.24) is 29.7 Å². The van der Waals surface area contributed by atoms with Gasteiger partial charge in [0.25, 0.3) is 5.91 Å². The van der Waals surface area contributed by atoms with Crippen molar-refractivity contribution in [2.24, 2.45) is 0 Å². The number of hydrogen-bond acceptors (Lipinski definition) is 8. The van der Waals surface area contributed by atoms with E-state index in [4.69, 9.17) is 9.84 Å². The van der Waals surface area contributed by atoms with Crippen LogP contribution < -0.4 is 10.1 Å². The van der Waals surface area contributed by atoms with E-state index < -0.39 is 11.9 Å². The molecule has 0 saturated carbocycles. The fourth-order valence-corrected chi connectivity index (χ4v) is 2.94. The number of nitrogens with zero attached hydrogens (tertiary/aromatic N) is 6. The number of hydrogen-bond donors (Lipinski definition) is 2. The first-order valence-corrected chi connectivity index (χ1v) is 9.93. The first-order valence-electron chi connectivity index (χ1n) is 9.93. The Balaban J connectivity index is 1.51. The summed E-state index contributed by atoms with van der Waals surface area (Å²) in [6.45, 7) is 4.02. The van der Waals surface area contributed by atoms with Crippen LogP contribution in [-0.4, -0.2) is 46.7 Å². The van der Waals surface area contributed by atoms with Gasteiger partial charge in [-0.25, -0.2) is 14.8 Å². The molecule has 0 saturated heterocycles. The second-order valence-corrected chi connectivity index (χ2v) is 7.17. The molecule has 33 heavy (non-hydrogen) atoms. The lowest BCUT2D eigenvalue weighted by molar-refractivity contribution is 0.0682. The molecule has 1 aromatic carbocycles. The summed E-state index contributed by atoms with van der Waals surface area (Å²) in [5.74, 6) is -0.751. The number of rotatable bonds is 7. The van der Waals surface area contributed by atoms with Crippen molar-refractivity contribution in [3.05, 3.63) is 72.4 Å². The predicted molar refractivity (Wildman–Crippen MR) is 117 cm³/mol. The molecule has 0 aliphatic rings. The van der Waals surface area contributed by atoms with Crippen molar-refractivity contribution in [1.29, 1.82) is 0 Å². The minimum Gasteiger partial charge on any atom is -0.475 e. The van der Waals surface area contributed by atoms with E-state index in [1.54, 1.807) is 42.7 Å². The van der Waals surface area contributed by atoms with Crippen molar-refractivity contribution in [3.8, 4) is 23.1 Å². The first kappa shape index (κ1) is 21.6. The molecule has 0 aliphatic carbocycles. The van der Waals surface area contributed by atoms with Crippen LogP contribution in [0.15, 0.2) is 61.1 Å². The largest absolute Gasteiger partial charge is 0.475 e. The summed E-state index contributed by atoms with van der Waals surface area (Å²) < 4.78 is 7.47. The number of carbonyl (C=O) groups is 2. The van der Waals surface area contributed by atoms with Gasteiger partial charge in [-0.3, -0.25) is 4.79 Å². The Bertz CT molecular complexity index is 1320. The van der Waals surface area contributed by atoms with Gasteiger partial charge in [0, 0.05) is 23.9 Å². The number of carboxylic acid groups (broad SMARTS) is 1. The molecule has 0 radical (unpaired) electrons. The minimum atomic E-state index is -1.27. The Hall–Kier alpha value is -4.67. The molecule has 0 aliphatic heterocycles. The van der Waals surface area contributed by atoms with Crippen LogP contribution in [0, 0.1) is 0 Å². The van der Waals surface area contributed by atoms with Crippen molar-refractivity contribution < 1.29 is 19.4 Å². The molecule has 11 heteroatoms. The molecular formula is C22H19N7O4. The highest BCUT2D eigenvalue weighted by molar-refractivity contribution is 6.04. The number of aromatic nitrogens is 6. The van der Waals surface area contributed by atoms with Crippen LogP contribution in [0.1, 0.15) is 40.9 Å². The van der Waals surface area contributed by atoms with Crippen LogP contribution in [0.5, 0.6) is 11.6 Å². The van der Waals surface area contributed by atoms with Crippen molar-refractivity contribution in [2.75, 3.05) is 5.32 Å². The molecule has 3 aromatic heterocycles. The number of ether oxygens (including phenoxy) is 1. The number of amides is 1. The van der Waals surface area contributed by atoms with Gasteiger partial charge in [0.2, 0.25) is 11.7 Å². The van der Waals surface area contributed by atoms with Gasteiger partial charge in [-0.2, -0.15) is 4.98 Å². The van der Waals surface area contributed by atoms with Crippen molar-refractivity contribution in [2.45, 2.75) is 19.9 Å². The number of carboxylic acids is 1. The van der Waals surface area contributed by atoms with Gasteiger partial charge in [0.15, 0.2) is 5.82 Å². The quantitative estimate of drug-likeness (QED) is 0.437. The third kappa shape index (κ3) is 4.98. The predicted octanol–water partition coefficient (Wildman–Crippen LogP) is 3.45. The van der Waals surface area contributed by atoms with Gasteiger partial charge in [0.05, 0.1) is 0 Å². The number of nitrogens with one attached hydrogen (secondary N) is 1. The molecular weight excluding hydrogens is 426 g/mol. The molecule has 166 valence electrons. The lowest BCUT2D eigenvalue weighted by Gasteiger charge is -2.11. The van der Waals surface area contributed by atoms with E-state index in [1.165, 1.54) is 18.3 Å². The van der Waals surface area contributed by atoms with E-state index in [0.29, 0.717) is 28.6 Å². The average molecular weight is 445 g/mol. The number of carbonyl (C=O) groups excluding carboxylic acids is 1. The molecule has 2 N–H and O–H groups in total. The minimum absolute atomic E-state index is 0.0450. The molecule has 0 fully saturated rings. The van der Waals surface area contributed by atoms with Gasteiger partial charge in [-0.15, -0.1) is 10.2 Å². The van der Waals surface area contributed by atoms with Crippen molar-refractivity contribution in [3.63, 3.8) is 0 Å². The zero-order chi connectivity index (χ0) is 23.4. The van der Waals surface area contributed by atoms with Crippen LogP contribution in [0.4, 0.5) is 5.82 Å². The third-order valence-corrected chi connectivity index (χ3v) is 4.49. The molecule has 3 heterocycles. The summed E-state index contributed by atoms with van der Waals surface area (Å²) in [5, 5.41) is 19.8. The first-order chi connectivity index (χ1) is 15.9.